The van der Waals surface area contributed by atoms with Crippen LogP contribution < -0.4 is 0 Å². The predicted octanol–water partition coefficient (Wildman–Crippen LogP) is 3.96. The molecule has 0 radical (unpaired) electrons. The molecule has 0 aromatic heterocycles. The summed E-state index contributed by atoms with van der Waals surface area (Å²) in [5, 5.41) is 0. The first-order valence-electron chi connectivity index (χ1n) is 5.23. The summed E-state index contributed by atoms with van der Waals surface area (Å²) in [5.41, 5.74) is 3.31. The molecule has 1 aromatic rings. The van der Waals surface area contributed by atoms with E-state index < -0.39 is 0 Å². The highest BCUT2D eigenvalue weighted by Crippen LogP contribution is 2.54. The molecule has 1 aromatic carbocycles. The van der Waals surface area contributed by atoms with Gasteiger partial charge in [0.1, 0.15) is 9.52 Å². The monoisotopic (exact) mass is 342 g/mol. The summed E-state index contributed by atoms with van der Waals surface area (Å²) < 4.78 is -0.260. The van der Waals surface area contributed by atoms with Crippen LogP contribution in [0.5, 0.6) is 0 Å². The average Bonchev–Trinajstić information content (AvgIpc) is 2.27. The lowest BCUT2D eigenvalue weighted by Crippen LogP contribution is -2.32. The molecule has 1 unspecified atom stereocenters. The summed E-state index contributed by atoms with van der Waals surface area (Å²) in [6, 6.07) is 8.42. The molecule has 0 aliphatic heterocycles. The number of aldehydes is 1. The average molecular weight is 344 g/mol. The summed E-state index contributed by atoms with van der Waals surface area (Å²) >= 11 is 7.13. The van der Waals surface area contributed by atoms with Crippen LogP contribution in [0.1, 0.15) is 24.0 Å². The van der Waals surface area contributed by atoms with E-state index in [0.717, 1.165) is 23.8 Å². The van der Waals surface area contributed by atoms with E-state index in [0.29, 0.717) is 0 Å². The topological polar surface area (TPSA) is 17.1 Å². The van der Waals surface area contributed by atoms with E-state index in [1.165, 1.54) is 5.56 Å². The Morgan fingerprint density at radius 3 is 2.38 bits per heavy atom. The second kappa shape index (κ2) is 4.46. The first kappa shape index (κ1) is 12.1. The number of benzene rings is 1. The van der Waals surface area contributed by atoms with Gasteiger partial charge in [0.2, 0.25) is 0 Å². The highest BCUT2D eigenvalue weighted by atomic mass is 79.9. The Balaban J connectivity index is 2.31. The molecular formula is C13H12Br2O. The second-order valence-electron chi connectivity index (χ2n) is 3.96. The molecule has 1 aliphatic rings. The lowest BCUT2D eigenvalue weighted by Gasteiger charge is -2.37. The maximum Gasteiger partial charge on any atom is 0.146 e. The number of hydrogen-bond acceptors (Lipinski definition) is 1. The molecule has 0 amide bonds. The van der Waals surface area contributed by atoms with Gasteiger partial charge >= 0.3 is 0 Å². The van der Waals surface area contributed by atoms with Gasteiger partial charge in [0.25, 0.3) is 0 Å². The van der Waals surface area contributed by atoms with Crippen molar-refractivity contribution < 1.29 is 4.79 Å². The van der Waals surface area contributed by atoms with Crippen LogP contribution in [0.3, 0.4) is 0 Å². The van der Waals surface area contributed by atoms with Crippen LogP contribution in [0.15, 0.2) is 35.9 Å². The van der Waals surface area contributed by atoms with Crippen molar-refractivity contribution >= 4 is 38.1 Å². The molecule has 0 bridgehead atoms. The van der Waals surface area contributed by atoms with E-state index in [9.17, 15) is 4.79 Å². The van der Waals surface area contributed by atoms with Crippen LogP contribution in [0, 0.1) is 0 Å². The number of halogens is 2. The fourth-order valence-corrected chi connectivity index (χ4v) is 3.56. The quantitative estimate of drug-likeness (QED) is 0.599. The third kappa shape index (κ3) is 2.03. The Labute approximate surface area is 112 Å². The Hall–Kier alpha value is -0.410. The smallest absolute Gasteiger partial charge is 0.146 e. The predicted molar refractivity (Wildman–Crippen MR) is 73.3 cm³/mol. The van der Waals surface area contributed by atoms with Crippen molar-refractivity contribution in [3.63, 3.8) is 0 Å². The molecule has 0 N–H and O–H groups in total. The first-order chi connectivity index (χ1) is 7.58. The van der Waals surface area contributed by atoms with Crippen LogP contribution in [0.4, 0.5) is 0 Å². The molecule has 1 nitrogen and oxygen atoms in total. The third-order valence-electron chi connectivity index (χ3n) is 2.93. The zero-order valence-electron chi connectivity index (χ0n) is 8.91. The van der Waals surface area contributed by atoms with E-state index in [1.807, 2.05) is 6.08 Å². The van der Waals surface area contributed by atoms with Gasteiger partial charge in [-0.3, -0.25) is 4.79 Å². The summed E-state index contributed by atoms with van der Waals surface area (Å²) in [5.74, 6) is 0.107. The highest BCUT2D eigenvalue weighted by molar-refractivity contribution is 9.25. The molecular weight excluding hydrogens is 332 g/mol. The van der Waals surface area contributed by atoms with Gasteiger partial charge in [0, 0.05) is 11.5 Å². The standard InChI is InChI=1S/C13H12Br2O/c1-2-9-3-5-10(6-4-9)12-11(8-16)7-13(12,14)15/h3-8,12H,2H2,1H3. The third-order valence-corrected chi connectivity index (χ3v) is 4.31. The van der Waals surface area contributed by atoms with Crippen molar-refractivity contribution in [1.82, 2.24) is 0 Å². The van der Waals surface area contributed by atoms with E-state index in [-0.39, 0.29) is 9.15 Å². The largest absolute Gasteiger partial charge is 0.298 e. The molecule has 2 rings (SSSR count). The first-order valence-corrected chi connectivity index (χ1v) is 6.81. The molecule has 0 saturated carbocycles. The number of rotatable bonds is 3. The Morgan fingerprint density at radius 1 is 1.31 bits per heavy atom. The van der Waals surface area contributed by atoms with Crippen molar-refractivity contribution in [3.8, 4) is 0 Å². The van der Waals surface area contributed by atoms with Crippen molar-refractivity contribution in [2.75, 3.05) is 0 Å². The fourth-order valence-electron chi connectivity index (χ4n) is 1.98. The van der Waals surface area contributed by atoms with Crippen LogP contribution in [-0.4, -0.2) is 9.52 Å². The zero-order chi connectivity index (χ0) is 11.8. The number of allylic oxidation sites excluding steroid dienone is 2. The lowest BCUT2D eigenvalue weighted by atomic mass is 9.79. The maximum atomic E-state index is 10.9. The second-order valence-corrected chi connectivity index (χ2v) is 7.65. The van der Waals surface area contributed by atoms with Crippen LogP contribution in [-0.2, 0) is 11.2 Å². The minimum atomic E-state index is -0.260. The summed E-state index contributed by atoms with van der Waals surface area (Å²) in [6.45, 7) is 2.13. The van der Waals surface area contributed by atoms with Crippen LogP contribution >= 0.6 is 31.9 Å². The van der Waals surface area contributed by atoms with Gasteiger partial charge in [0.05, 0.1) is 0 Å². The van der Waals surface area contributed by atoms with Gasteiger partial charge in [-0.05, 0) is 23.6 Å². The van der Waals surface area contributed by atoms with Crippen molar-refractivity contribution in [2.24, 2.45) is 0 Å². The molecule has 3 heteroatoms. The number of carbonyl (C=O) groups is 1. The number of carbonyl (C=O) groups excluding carboxylic acids is 1. The summed E-state index contributed by atoms with van der Waals surface area (Å²) in [6.07, 6.45) is 3.87. The molecule has 0 saturated heterocycles. The molecule has 84 valence electrons. The minimum absolute atomic E-state index is 0.107. The number of alkyl halides is 2. The fraction of sp³-hybridized carbons (Fsp3) is 0.308. The van der Waals surface area contributed by atoms with Gasteiger partial charge in [-0.1, -0.05) is 63.0 Å². The van der Waals surface area contributed by atoms with E-state index in [2.05, 4.69) is 63.0 Å². The van der Waals surface area contributed by atoms with E-state index in [1.54, 1.807) is 0 Å². The summed E-state index contributed by atoms with van der Waals surface area (Å²) in [4.78, 5) is 10.9. The molecule has 1 aliphatic carbocycles. The van der Waals surface area contributed by atoms with Gasteiger partial charge < -0.3 is 0 Å². The molecule has 1 atom stereocenters. The Bertz CT molecular complexity index is 432. The molecule has 16 heavy (non-hydrogen) atoms. The molecule has 0 heterocycles. The van der Waals surface area contributed by atoms with Crippen molar-refractivity contribution in [1.29, 1.82) is 0 Å². The van der Waals surface area contributed by atoms with E-state index >= 15 is 0 Å². The van der Waals surface area contributed by atoms with Crippen molar-refractivity contribution in [2.45, 2.75) is 22.5 Å². The van der Waals surface area contributed by atoms with E-state index in [4.69, 9.17) is 0 Å². The van der Waals surface area contributed by atoms with Gasteiger partial charge in [-0.2, -0.15) is 0 Å². The zero-order valence-corrected chi connectivity index (χ0v) is 12.1. The lowest BCUT2D eigenvalue weighted by molar-refractivity contribution is -0.105. The number of hydrogen-bond donors (Lipinski definition) is 0. The normalized spacial score (nSPS) is 22.2. The maximum absolute atomic E-state index is 10.9. The summed E-state index contributed by atoms with van der Waals surface area (Å²) in [7, 11) is 0. The highest BCUT2D eigenvalue weighted by Gasteiger charge is 2.43. The van der Waals surface area contributed by atoms with Crippen molar-refractivity contribution in [3.05, 3.63) is 47.0 Å². The van der Waals surface area contributed by atoms with Gasteiger partial charge in [0.15, 0.2) is 0 Å². The Kier molecular flexibility index (Phi) is 3.36. The molecule has 0 fully saturated rings. The SMILES string of the molecule is CCc1ccc(C2C(C=O)=CC2(Br)Br)cc1. The molecule has 0 spiro atoms. The Morgan fingerprint density at radius 2 is 1.94 bits per heavy atom. The number of aryl methyl sites for hydroxylation is 1. The van der Waals surface area contributed by atoms with Gasteiger partial charge in [-0.15, -0.1) is 0 Å². The van der Waals surface area contributed by atoms with Crippen LogP contribution in [0.25, 0.3) is 0 Å². The minimum Gasteiger partial charge on any atom is -0.298 e. The van der Waals surface area contributed by atoms with Gasteiger partial charge in [-0.25, -0.2) is 0 Å². The van der Waals surface area contributed by atoms with Crippen LogP contribution in [0.2, 0.25) is 0 Å².